The van der Waals surface area contributed by atoms with Crippen molar-refractivity contribution in [2.45, 2.75) is 58.5 Å². The molecule has 1 nitrogen and oxygen atoms in total. The quantitative estimate of drug-likeness (QED) is 0.406. The lowest BCUT2D eigenvalue weighted by atomic mass is 9.75. The van der Waals surface area contributed by atoms with Gasteiger partial charge in [0.2, 0.25) is 0 Å². The number of epoxide rings is 1. The van der Waals surface area contributed by atoms with Gasteiger partial charge in [-0.1, -0.05) is 36.1 Å². The second-order valence-corrected chi connectivity index (χ2v) is 5.62. The smallest absolute Gasteiger partial charge is 0.0981 e. The first kappa shape index (κ1) is 15.1. The van der Waals surface area contributed by atoms with Crippen molar-refractivity contribution in [1.29, 1.82) is 0 Å². The number of rotatable bonds is 3. The minimum Gasteiger partial charge on any atom is -0.369 e. The molecule has 1 heteroatoms. The van der Waals surface area contributed by atoms with Crippen LogP contribution in [0.5, 0.6) is 0 Å². The van der Waals surface area contributed by atoms with Crippen LogP contribution in [0.3, 0.4) is 0 Å². The van der Waals surface area contributed by atoms with E-state index in [1.807, 2.05) is 0 Å². The Bertz CT molecular complexity index is 338. The normalized spacial score (nSPS) is 30.3. The molecule has 2 unspecified atom stereocenters. The molecule has 0 aromatic heterocycles. The molecule has 1 saturated carbocycles. The monoisotopic (exact) mass is 246 g/mol. The van der Waals surface area contributed by atoms with E-state index in [0.29, 0.717) is 5.92 Å². The van der Waals surface area contributed by atoms with Gasteiger partial charge in [-0.2, -0.15) is 0 Å². The minimum absolute atomic E-state index is 0.268. The Balaban J connectivity index is 0.000000771. The zero-order chi connectivity index (χ0) is 13.6. The van der Waals surface area contributed by atoms with E-state index in [9.17, 15) is 0 Å². The van der Waals surface area contributed by atoms with E-state index >= 15 is 0 Å². The molecule has 2 atom stereocenters. The molecule has 1 aliphatic carbocycles. The third-order valence-electron chi connectivity index (χ3n) is 4.01. The zero-order valence-electron chi connectivity index (χ0n) is 12.0. The minimum atomic E-state index is 0.268. The van der Waals surface area contributed by atoms with Gasteiger partial charge in [-0.05, 0) is 40.0 Å². The van der Waals surface area contributed by atoms with E-state index in [2.05, 4.69) is 45.8 Å². The van der Waals surface area contributed by atoms with Gasteiger partial charge >= 0.3 is 0 Å². The number of terminal acetylenes is 1. The van der Waals surface area contributed by atoms with E-state index in [0.717, 1.165) is 13.0 Å². The van der Waals surface area contributed by atoms with Gasteiger partial charge in [0, 0.05) is 5.92 Å². The van der Waals surface area contributed by atoms with Crippen molar-refractivity contribution < 1.29 is 4.74 Å². The molecule has 0 aromatic rings. The number of allylic oxidation sites excluding steroid dienone is 3. The van der Waals surface area contributed by atoms with E-state index < -0.39 is 0 Å². The average Bonchev–Trinajstić information content (AvgIpc) is 3.12. The summed E-state index contributed by atoms with van der Waals surface area (Å²) in [6.45, 7) is 7.62. The summed E-state index contributed by atoms with van der Waals surface area (Å²) in [5.41, 5.74) is 3.23. The standard InChI is InChI=1S/C15H24O.C2H2/c1-12(2)7-6-8-13(3)14-9-4-5-10-15(14)11-16-15;1-2/h7-8,14H,4-6,9-11H2,1-3H3;1-2H/b13-8+;. The molecule has 0 radical (unpaired) electrons. The summed E-state index contributed by atoms with van der Waals surface area (Å²) in [5, 5.41) is 0. The van der Waals surface area contributed by atoms with Crippen molar-refractivity contribution in [2.24, 2.45) is 5.92 Å². The summed E-state index contributed by atoms with van der Waals surface area (Å²) in [5.74, 6) is 0.701. The Morgan fingerprint density at radius 2 is 1.89 bits per heavy atom. The van der Waals surface area contributed by atoms with Gasteiger partial charge < -0.3 is 4.74 Å². The maximum Gasteiger partial charge on any atom is 0.0981 e. The number of hydrogen-bond donors (Lipinski definition) is 0. The van der Waals surface area contributed by atoms with Crippen LogP contribution in [0.25, 0.3) is 0 Å². The highest BCUT2D eigenvalue weighted by atomic mass is 16.6. The lowest BCUT2D eigenvalue weighted by Crippen LogP contribution is -2.29. The number of hydrogen-bond acceptors (Lipinski definition) is 1. The zero-order valence-corrected chi connectivity index (χ0v) is 12.0. The summed E-state index contributed by atoms with van der Waals surface area (Å²) in [6.07, 6.45) is 19.1. The van der Waals surface area contributed by atoms with Gasteiger partial charge in [0.15, 0.2) is 0 Å². The predicted molar refractivity (Wildman–Crippen MR) is 78.3 cm³/mol. The van der Waals surface area contributed by atoms with Crippen LogP contribution >= 0.6 is 0 Å². The lowest BCUT2D eigenvalue weighted by Gasteiger charge is -2.29. The van der Waals surface area contributed by atoms with Gasteiger partial charge in [-0.3, -0.25) is 0 Å². The summed E-state index contributed by atoms with van der Waals surface area (Å²) in [7, 11) is 0. The first-order valence-corrected chi connectivity index (χ1v) is 6.91. The molecule has 1 aliphatic heterocycles. The fourth-order valence-corrected chi connectivity index (χ4v) is 2.91. The predicted octanol–water partition coefficient (Wildman–Crippen LogP) is 4.50. The molecule has 0 N–H and O–H groups in total. The maximum absolute atomic E-state index is 5.74. The van der Waals surface area contributed by atoms with Crippen LogP contribution in [-0.2, 0) is 4.74 Å². The molecule has 100 valence electrons. The third-order valence-corrected chi connectivity index (χ3v) is 4.01. The summed E-state index contributed by atoms with van der Waals surface area (Å²) >= 11 is 0. The molecule has 1 spiro atoms. The first-order chi connectivity index (χ1) is 8.64. The largest absolute Gasteiger partial charge is 0.369 e. The second-order valence-electron chi connectivity index (χ2n) is 5.62. The topological polar surface area (TPSA) is 12.5 Å². The SMILES string of the molecule is C#C.CC(C)=CC/C=C(\C)C1CCCCC12CO2. The number of ether oxygens (including phenoxy) is 1. The third kappa shape index (κ3) is 3.75. The molecular formula is C17H26O. The van der Waals surface area contributed by atoms with Crippen LogP contribution in [0.4, 0.5) is 0 Å². The molecule has 0 amide bonds. The molecule has 0 aromatic carbocycles. The molecule has 2 rings (SSSR count). The summed E-state index contributed by atoms with van der Waals surface area (Å²) in [6, 6.07) is 0. The van der Waals surface area contributed by atoms with E-state index in [1.165, 1.54) is 31.3 Å². The lowest BCUT2D eigenvalue weighted by molar-refractivity contribution is 0.182. The molecule has 1 heterocycles. The van der Waals surface area contributed by atoms with Crippen LogP contribution in [-0.4, -0.2) is 12.2 Å². The summed E-state index contributed by atoms with van der Waals surface area (Å²) in [4.78, 5) is 0. The molecule has 0 bridgehead atoms. The van der Waals surface area contributed by atoms with Gasteiger partial charge in [-0.15, -0.1) is 12.8 Å². The molecule has 1 saturated heterocycles. The highest BCUT2D eigenvalue weighted by molar-refractivity contribution is 5.17. The highest BCUT2D eigenvalue weighted by Crippen LogP contribution is 2.48. The molecule has 2 fully saturated rings. The van der Waals surface area contributed by atoms with Crippen LogP contribution in [0.1, 0.15) is 52.9 Å². The van der Waals surface area contributed by atoms with Gasteiger partial charge in [0.1, 0.15) is 0 Å². The van der Waals surface area contributed by atoms with E-state index in [1.54, 1.807) is 5.57 Å². The Morgan fingerprint density at radius 3 is 2.44 bits per heavy atom. The Kier molecular flexibility index (Phi) is 5.69. The summed E-state index contributed by atoms with van der Waals surface area (Å²) < 4.78 is 5.74. The molecule has 2 aliphatic rings. The van der Waals surface area contributed by atoms with Crippen molar-refractivity contribution >= 4 is 0 Å². The second kappa shape index (κ2) is 6.81. The Morgan fingerprint density at radius 1 is 1.22 bits per heavy atom. The van der Waals surface area contributed by atoms with E-state index in [4.69, 9.17) is 4.74 Å². The van der Waals surface area contributed by atoms with Crippen LogP contribution in [0, 0.1) is 18.8 Å². The van der Waals surface area contributed by atoms with Crippen LogP contribution in [0.2, 0.25) is 0 Å². The van der Waals surface area contributed by atoms with Crippen molar-refractivity contribution in [1.82, 2.24) is 0 Å². The molecular weight excluding hydrogens is 220 g/mol. The Labute approximate surface area is 112 Å². The van der Waals surface area contributed by atoms with Crippen molar-refractivity contribution in [3.8, 4) is 12.8 Å². The van der Waals surface area contributed by atoms with Crippen molar-refractivity contribution in [3.05, 3.63) is 23.3 Å². The van der Waals surface area contributed by atoms with Gasteiger partial charge in [0.25, 0.3) is 0 Å². The highest BCUT2D eigenvalue weighted by Gasteiger charge is 2.52. The fourth-order valence-electron chi connectivity index (χ4n) is 2.91. The van der Waals surface area contributed by atoms with Gasteiger partial charge in [0.05, 0.1) is 12.2 Å². The van der Waals surface area contributed by atoms with Crippen LogP contribution in [0.15, 0.2) is 23.3 Å². The maximum atomic E-state index is 5.74. The first-order valence-electron chi connectivity index (χ1n) is 6.91. The molecule has 18 heavy (non-hydrogen) atoms. The fraction of sp³-hybridized carbons (Fsp3) is 0.647. The average molecular weight is 246 g/mol. The van der Waals surface area contributed by atoms with Crippen molar-refractivity contribution in [2.75, 3.05) is 6.61 Å². The van der Waals surface area contributed by atoms with Crippen LogP contribution < -0.4 is 0 Å². The Hall–Kier alpha value is -1.00. The van der Waals surface area contributed by atoms with Gasteiger partial charge in [-0.25, -0.2) is 0 Å². The van der Waals surface area contributed by atoms with Crippen molar-refractivity contribution in [3.63, 3.8) is 0 Å². The van der Waals surface area contributed by atoms with E-state index in [-0.39, 0.29) is 5.60 Å².